The SMILES string of the molecule is c1cc2ccc3ccc(-c4ccc5cc(-c6ccc7cc(-c8nc9ccccc9c9nc%10ccccc%10n89)ccc7c6)ccc5c4)c4ccc(c1)c2c34. The van der Waals surface area contributed by atoms with Crippen molar-refractivity contribution in [1.29, 1.82) is 0 Å². The molecule has 0 aliphatic heterocycles. The van der Waals surface area contributed by atoms with Crippen molar-refractivity contribution in [3.05, 3.63) is 176 Å². The van der Waals surface area contributed by atoms with Crippen LogP contribution in [0.15, 0.2) is 176 Å². The highest BCUT2D eigenvalue weighted by molar-refractivity contribution is 6.25. The van der Waals surface area contributed by atoms with Gasteiger partial charge in [0.1, 0.15) is 11.5 Å². The van der Waals surface area contributed by atoms with E-state index in [9.17, 15) is 0 Å². The van der Waals surface area contributed by atoms with Crippen LogP contribution >= 0.6 is 0 Å². The van der Waals surface area contributed by atoms with E-state index in [1.54, 1.807) is 0 Å². The van der Waals surface area contributed by atoms with Crippen molar-refractivity contribution >= 4 is 81.4 Å². The van der Waals surface area contributed by atoms with E-state index in [0.29, 0.717) is 0 Å². The highest BCUT2D eigenvalue weighted by atomic mass is 15.1. The normalized spacial score (nSPS) is 12.2. The summed E-state index contributed by atoms with van der Waals surface area (Å²) in [5, 5.41) is 13.8. The van der Waals surface area contributed by atoms with Gasteiger partial charge in [0.05, 0.1) is 16.6 Å². The summed E-state index contributed by atoms with van der Waals surface area (Å²) in [4.78, 5) is 10.2. The molecule has 0 fully saturated rings. The average Bonchev–Trinajstić information content (AvgIpc) is 3.62. The maximum Gasteiger partial charge on any atom is 0.149 e. The van der Waals surface area contributed by atoms with Crippen LogP contribution in [0.2, 0.25) is 0 Å². The Morgan fingerprint density at radius 1 is 0.340 bits per heavy atom. The minimum absolute atomic E-state index is 0.898. The van der Waals surface area contributed by atoms with Gasteiger partial charge in [-0.3, -0.25) is 4.40 Å². The fraction of sp³-hybridized carbons (Fsp3) is 0. The van der Waals surface area contributed by atoms with Crippen LogP contribution in [0, 0.1) is 0 Å². The number of imidazole rings is 1. The minimum atomic E-state index is 0.898. The third kappa shape index (κ3) is 4.22. The molecule has 0 atom stereocenters. The minimum Gasteiger partial charge on any atom is -0.276 e. The van der Waals surface area contributed by atoms with Gasteiger partial charge in [-0.1, -0.05) is 127 Å². The van der Waals surface area contributed by atoms with Gasteiger partial charge in [0.25, 0.3) is 0 Å². The van der Waals surface area contributed by atoms with Crippen LogP contribution in [-0.4, -0.2) is 14.4 Å². The van der Waals surface area contributed by atoms with Crippen molar-refractivity contribution in [2.75, 3.05) is 0 Å². The highest BCUT2D eigenvalue weighted by Gasteiger charge is 2.16. The summed E-state index contributed by atoms with van der Waals surface area (Å²) < 4.78 is 2.21. The van der Waals surface area contributed by atoms with Gasteiger partial charge in [-0.25, -0.2) is 9.97 Å². The van der Waals surface area contributed by atoms with Crippen LogP contribution in [0.1, 0.15) is 0 Å². The Labute approximate surface area is 304 Å². The van der Waals surface area contributed by atoms with Crippen molar-refractivity contribution in [2.24, 2.45) is 0 Å². The molecule has 10 aromatic carbocycles. The molecular weight excluding hydrogens is 643 g/mol. The van der Waals surface area contributed by atoms with Crippen molar-refractivity contribution in [1.82, 2.24) is 14.4 Å². The molecule has 12 aromatic rings. The quantitative estimate of drug-likeness (QED) is 0.175. The second-order valence-corrected chi connectivity index (χ2v) is 14.2. The number of nitrogens with zero attached hydrogens (tertiary/aromatic N) is 3. The fourth-order valence-corrected chi connectivity index (χ4v) is 8.68. The van der Waals surface area contributed by atoms with E-state index in [4.69, 9.17) is 9.97 Å². The lowest BCUT2D eigenvalue weighted by Gasteiger charge is -2.14. The standard InChI is InChI=1S/C50H29N3/c1-2-9-44-43(8-1)50-52-45-10-3-4-11-46(45)53(50)49(51-44)40-21-19-36-27-34(15-17-38(36)29-40)33-14-16-37-28-39(20-18-35(37)26-33)41-24-22-32-13-12-30-6-5-7-31-23-25-42(41)48(32)47(30)31/h1-29H. The predicted octanol–water partition coefficient (Wildman–Crippen LogP) is 13.2. The number of benzene rings is 10. The summed E-state index contributed by atoms with van der Waals surface area (Å²) in [6, 6.07) is 64.0. The maximum atomic E-state index is 5.18. The molecule has 0 unspecified atom stereocenters. The summed E-state index contributed by atoms with van der Waals surface area (Å²) in [5.74, 6) is 0.898. The Hall–Kier alpha value is -7.10. The van der Waals surface area contributed by atoms with Gasteiger partial charge >= 0.3 is 0 Å². The van der Waals surface area contributed by atoms with Crippen LogP contribution in [0.5, 0.6) is 0 Å². The Morgan fingerprint density at radius 2 is 0.887 bits per heavy atom. The second kappa shape index (κ2) is 10.7. The van der Waals surface area contributed by atoms with Crippen molar-refractivity contribution in [3.8, 4) is 33.6 Å². The average molecular weight is 672 g/mol. The Kier molecular flexibility index (Phi) is 5.77. The Balaban J connectivity index is 0.926. The summed E-state index contributed by atoms with van der Waals surface area (Å²) in [6.45, 7) is 0. The predicted molar refractivity (Wildman–Crippen MR) is 223 cm³/mol. The van der Waals surface area contributed by atoms with E-state index in [1.165, 1.54) is 76.1 Å². The van der Waals surface area contributed by atoms with Gasteiger partial charge in [0.15, 0.2) is 0 Å². The van der Waals surface area contributed by atoms with Gasteiger partial charge in [0, 0.05) is 10.9 Å². The van der Waals surface area contributed by atoms with E-state index in [2.05, 4.69) is 168 Å². The number of rotatable bonds is 3. The molecule has 12 rings (SSSR count). The zero-order chi connectivity index (χ0) is 34.6. The van der Waals surface area contributed by atoms with Gasteiger partial charge in [-0.05, 0) is 125 Å². The molecule has 0 aliphatic rings. The molecule has 2 aromatic heterocycles. The molecule has 0 N–H and O–H groups in total. The summed E-state index contributed by atoms with van der Waals surface area (Å²) in [5.41, 5.74) is 9.90. The molecule has 0 radical (unpaired) electrons. The number of fused-ring (bicyclic) bond motifs is 7. The van der Waals surface area contributed by atoms with E-state index in [1.807, 2.05) is 12.1 Å². The lowest BCUT2D eigenvalue weighted by molar-refractivity contribution is 1.16. The molecule has 2 heterocycles. The molecule has 3 heteroatoms. The van der Waals surface area contributed by atoms with Crippen molar-refractivity contribution in [2.45, 2.75) is 0 Å². The number of aromatic nitrogens is 3. The maximum absolute atomic E-state index is 5.18. The second-order valence-electron chi connectivity index (χ2n) is 14.2. The molecule has 3 nitrogen and oxygen atoms in total. The smallest absolute Gasteiger partial charge is 0.149 e. The third-order valence-electron chi connectivity index (χ3n) is 11.3. The van der Waals surface area contributed by atoms with Crippen LogP contribution in [-0.2, 0) is 0 Å². The van der Waals surface area contributed by atoms with Gasteiger partial charge in [-0.15, -0.1) is 0 Å². The van der Waals surface area contributed by atoms with E-state index >= 15 is 0 Å². The Bertz CT molecular complexity index is 3450. The molecular formula is C50H29N3. The molecule has 244 valence electrons. The summed E-state index contributed by atoms with van der Waals surface area (Å²) in [6.07, 6.45) is 0. The van der Waals surface area contributed by atoms with Crippen LogP contribution in [0.3, 0.4) is 0 Å². The van der Waals surface area contributed by atoms with Gasteiger partial charge in [-0.2, -0.15) is 0 Å². The lowest BCUT2D eigenvalue weighted by Crippen LogP contribution is -1.98. The van der Waals surface area contributed by atoms with Crippen LogP contribution in [0.25, 0.3) is 115 Å². The van der Waals surface area contributed by atoms with Crippen molar-refractivity contribution < 1.29 is 0 Å². The molecule has 0 spiro atoms. The molecule has 0 aliphatic carbocycles. The molecule has 0 saturated carbocycles. The van der Waals surface area contributed by atoms with Crippen LogP contribution in [0.4, 0.5) is 0 Å². The third-order valence-corrected chi connectivity index (χ3v) is 11.3. The monoisotopic (exact) mass is 671 g/mol. The van der Waals surface area contributed by atoms with Gasteiger partial charge < -0.3 is 0 Å². The molecule has 0 saturated heterocycles. The highest BCUT2D eigenvalue weighted by Crippen LogP contribution is 2.40. The zero-order valence-electron chi connectivity index (χ0n) is 28.6. The van der Waals surface area contributed by atoms with Crippen LogP contribution < -0.4 is 0 Å². The first-order valence-electron chi connectivity index (χ1n) is 18.1. The first-order chi connectivity index (χ1) is 26.2. The number of hydrogen-bond acceptors (Lipinski definition) is 2. The van der Waals surface area contributed by atoms with Gasteiger partial charge in [0.2, 0.25) is 0 Å². The van der Waals surface area contributed by atoms with E-state index in [-0.39, 0.29) is 0 Å². The van der Waals surface area contributed by atoms with Crippen molar-refractivity contribution in [3.63, 3.8) is 0 Å². The molecule has 0 bridgehead atoms. The lowest BCUT2D eigenvalue weighted by atomic mass is 9.89. The molecule has 0 amide bonds. The van der Waals surface area contributed by atoms with E-state index < -0.39 is 0 Å². The Morgan fingerprint density at radius 3 is 1.64 bits per heavy atom. The first kappa shape index (κ1) is 28.6. The molecule has 53 heavy (non-hydrogen) atoms. The summed E-state index contributed by atoms with van der Waals surface area (Å²) in [7, 11) is 0. The topological polar surface area (TPSA) is 30.2 Å². The largest absolute Gasteiger partial charge is 0.276 e. The number of hydrogen-bond donors (Lipinski definition) is 0. The first-order valence-corrected chi connectivity index (χ1v) is 18.1. The fourth-order valence-electron chi connectivity index (χ4n) is 8.68. The zero-order valence-corrected chi connectivity index (χ0v) is 28.6. The van der Waals surface area contributed by atoms with E-state index in [0.717, 1.165) is 39.0 Å². The number of para-hydroxylation sites is 3. The summed E-state index contributed by atoms with van der Waals surface area (Å²) >= 11 is 0.